The van der Waals surface area contributed by atoms with E-state index < -0.39 is 0 Å². The number of hydrogen-bond acceptors (Lipinski definition) is 5. The zero-order valence-electron chi connectivity index (χ0n) is 12.9. The van der Waals surface area contributed by atoms with Crippen molar-refractivity contribution in [2.45, 2.75) is 46.6 Å². The molecule has 4 N–H and O–H groups in total. The smallest absolute Gasteiger partial charge is 0.242 e. The highest BCUT2D eigenvalue weighted by molar-refractivity contribution is 5.83. The molecule has 1 heterocycles. The van der Waals surface area contributed by atoms with Crippen molar-refractivity contribution < 1.29 is 4.79 Å². The van der Waals surface area contributed by atoms with E-state index in [0.29, 0.717) is 29.9 Å². The second-order valence-corrected chi connectivity index (χ2v) is 5.70. The van der Waals surface area contributed by atoms with Gasteiger partial charge >= 0.3 is 0 Å². The lowest BCUT2D eigenvalue weighted by Crippen LogP contribution is -2.39. The molecule has 0 aliphatic heterocycles. The number of nitrogen functional groups attached to an aromatic ring is 1. The summed E-state index contributed by atoms with van der Waals surface area (Å²) < 4.78 is 0. The fourth-order valence-electron chi connectivity index (χ4n) is 1.56. The van der Waals surface area contributed by atoms with Gasteiger partial charge in [0.1, 0.15) is 23.5 Å². The maximum absolute atomic E-state index is 11.9. The Kier molecular flexibility index (Phi) is 5.73. The zero-order valence-corrected chi connectivity index (χ0v) is 12.9. The summed E-state index contributed by atoms with van der Waals surface area (Å²) in [6, 6.07) is 1.26. The van der Waals surface area contributed by atoms with E-state index in [0.717, 1.165) is 0 Å². The summed E-state index contributed by atoms with van der Waals surface area (Å²) >= 11 is 0. The second-order valence-electron chi connectivity index (χ2n) is 5.70. The van der Waals surface area contributed by atoms with Crippen LogP contribution in [0, 0.1) is 5.92 Å². The Morgan fingerprint density at radius 3 is 2.45 bits per heavy atom. The standard InChI is InChI=1S/C14H25N5O/c1-8(2)7-16-14(20)10(5)17-12-6-11(15)18-13(19-12)9(3)4/h6,8-10H,7H2,1-5H3,(H,16,20)(H3,15,17,18,19). The predicted octanol–water partition coefficient (Wildman–Crippen LogP) is 1.75. The third-order valence-electron chi connectivity index (χ3n) is 2.72. The Bertz CT molecular complexity index is 459. The summed E-state index contributed by atoms with van der Waals surface area (Å²) in [4.78, 5) is 20.4. The highest BCUT2D eigenvalue weighted by Gasteiger charge is 2.14. The monoisotopic (exact) mass is 279 g/mol. The van der Waals surface area contributed by atoms with Crippen LogP contribution in [0.3, 0.4) is 0 Å². The van der Waals surface area contributed by atoms with Crippen molar-refractivity contribution >= 4 is 17.5 Å². The average molecular weight is 279 g/mol. The fraction of sp³-hybridized carbons (Fsp3) is 0.643. The van der Waals surface area contributed by atoms with E-state index in [1.54, 1.807) is 13.0 Å². The fourth-order valence-corrected chi connectivity index (χ4v) is 1.56. The Morgan fingerprint density at radius 1 is 1.25 bits per heavy atom. The summed E-state index contributed by atoms with van der Waals surface area (Å²) in [6.45, 7) is 10.6. The minimum absolute atomic E-state index is 0.0537. The predicted molar refractivity (Wildman–Crippen MR) is 81.5 cm³/mol. The highest BCUT2D eigenvalue weighted by Crippen LogP contribution is 2.15. The Hall–Kier alpha value is -1.85. The van der Waals surface area contributed by atoms with Crippen LogP contribution in [0.2, 0.25) is 0 Å². The molecule has 1 aromatic heterocycles. The number of nitrogens with zero attached hydrogens (tertiary/aromatic N) is 2. The molecule has 0 bridgehead atoms. The Balaban J connectivity index is 2.70. The summed E-state index contributed by atoms with van der Waals surface area (Å²) in [5.74, 6) is 2.20. The van der Waals surface area contributed by atoms with Gasteiger partial charge < -0.3 is 16.4 Å². The summed E-state index contributed by atoms with van der Waals surface area (Å²) in [5, 5.41) is 5.94. The molecule has 0 aliphatic carbocycles. The number of aromatic nitrogens is 2. The van der Waals surface area contributed by atoms with Gasteiger partial charge in [0.05, 0.1) is 0 Å². The average Bonchev–Trinajstić information content (AvgIpc) is 2.34. The van der Waals surface area contributed by atoms with Crippen LogP contribution in [0.25, 0.3) is 0 Å². The van der Waals surface area contributed by atoms with Crippen LogP contribution in [0.15, 0.2) is 6.07 Å². The molecule has 1 aromatic rings. The summed E-state index contributed by atoms with van der Waals surface area (Å²) in [5.41, 5.74) is 5.76. The van der Waals surface area contributed by atoms with Gasteiger partial charge in [-0.25, -0.2) is 9.97 Å². The van der Waals surface area contributed by atoms with E-state index in [4.69, 9.17) is 5.73 Å². The highest BCUT2D eigenvalue weighted by atomic mass is 16.2. The zero-order chi connectivity index (χ0) is 15.3. The van der Waals surface area contributed by atoms with Gasteiger partial charge in [-0.3, -0.25) is 4.79 Å². The normalized spacial score (nSPS) is 12.6. The molecule has 0 saturated carbocycles. The topological polar surface area (TPSA) is 92.9 Å². The van der Waals surface area contributed by atoms with Crippen LogP contribution in [0.1, 0.15) is 46.4 Å². The van der Waals surface area contributed by atoms with Crippen LogP contribution < -0.4 is 16.4 Å². The number of carbonyl (C=O) groups excluding carboxylic acids is 1. The second kappa shape index (κ2) is 7.07. The molecule has 112 valence electrons. The van der Waals surface area contributed by atoms with Crippen molar-refractivity contribution in [1.82, 2.24) is 15.3 Å². The van der Waals surface area contributed by atoms with Gasteiger partial charge in [0, 0.05) is 18.5 Å². The molecule has 1 rings (SSSR count). The first kappa shape index (κ1) is 16.2. The van der Waals surface area contributed by atoms with E-state index in [2.05, 4.69) is 34.4 Å². The lowest BCUT2D eigenvalue weighted by Gasteiger charge is -2.16. The molecule has 0 saturated heterocycles. The molecule has 20 heavy (non-hydrogen) atoms. The summed E-state index contributed by atoms with van der Waals surface area (Å²) in [6.07, 6.45) is 0. The van der Waals surface area contributed by atoms with Crippen molar-refractivity contribution in [3.8, 4) is 0 Å². The number of amides is 1. The first-order valence-corrected chi connectivity index (χ1v) is 6.98. The maximum atomic E-state index is 11.9. The lowest BCUT2D eigenvalue weighted by molar-refractivity contribution is -0.121. The van der Waals surface area contributed by atoms with Gasteiger partial charge in [0.15, 0.2) is 0 Å². The van der Waals surface area contributed by atoms with Gasteiger partial charge in [-0.05, 0) is 12.8 Å². The minimum atomic E-state index is -0.372. The molecule has 6 nitrogen and oxygen atoms in total. The van der Waals surface area contributed by atoms with Crippen LogP contribution in [0.4, 0.5) is 11.6 Å². The molecule has 1 atom stereocenters. The number of nitrogens with two attached hydrogens (primary N) is 1. The largest absolute Gasteiger partial charge is 0.384 e. The van der Waals surface area contributed by atoms with Gasteiger partial charge in [-0.1, -0.05) is 27.7 Å². The van der Waals surface area contributed by atoms with Crippen molar-refractivity contribution in [2.75, 3.05) is 17.6 Å². The molecule has 0 aromatic carbocycles. The van der Waals surface area contributed by atoms with E-state index in [1.165, 1.54) is 0 Å². The number of rotatable bonds is 6. The lowest BCUT2D eigenvalue weighted by atomic mass is 10.2. The van der Waals surface area contributed by atoms with E-state index >= 15 is 0 Å². The van der Waals surface area contributed by atoms with Crippen LogP contribution in [-0.2, 0) is 4.79 Å². The van der Waals surface area contributed by atoms with Crippen LogP contribution in [-0.4, -0.2) is 28.5 Å². The molecule has 6 heteroatoms. The molecule has 0 fully saturated rings. The van der Waals surface area contributed by atoms with Gasteiger partial charge in [-0.15, -0.1) is 0 Å². The van der Waals surface area contributed by atoms with Crippen molar-refractivity contribution in [2.24, 2.45) is 5.92 Å². The van der Waals surface area contributed by atoms with Crippen molar-refractivity contribution in [3.63, 3.8) is 0 Å². The van der Waals surface area contributed by atoms with Gasteiger partial charge in [0.2, 0.25) is 5.91 Å². The number of carbonyl (C=O) groups is 1. The van der Waals surface area contributed by atoms with Crippen molar-refractivity contribution in [1.29, 1.82) is 0 Å². The quantitative estimate of drug-likeness (QED) is 0.737. The molecule has 0 aliphatic rings. The Labute approximate surface area is 120 Å². The molecule has 1 unspecified atom stereocenters. The van der Waals surface area contributed by atoms with Crippen LogP contribution >= 0.6 is 0 Å². The number of nitrogens with one attached hydrogen (secondary N) is 2. The minimum Gasteiger partial charge on any atom is -0.384 e. The van der Waals surface area contributed by atoms with Gasteiger partial charge in [0.25, 0.3) is 0 Å². The molecule has 0 radical (unpaired) electrons. The third kappa shape index (κ3) is 5.03. The number of hydrogen-bond donors (Lipinski definition) is 3. The van der Waals surface area contributed by atoms with Crippen LogP contribution in [0.5, 0.6) is 0 Å². The first-order chi connectivity index (χ1) is 9.29. The van der Waals surface area contributed by atoms with E-state index in [-0.39, 0.29) is 17.9 Å². The summed E-state index contributed by atoms with van der Waals surface area (Å²) in [7, 11) is 0. The molecular formula is C14H25N5O. The first-order valence-electron chi connectivity index (χ1n) is 6.98. The third-order valence-corrected chi connectivity index (χ3v) is 2.72. The molecular weight excluding hydrogens is 254 g/mol. The van der Waals surface area contributed by atoms with E-state index in [1.807, 2.05) is 13.8 Å². The van der Waals surface area contributed by atoms with E-state index in [9.17, 15) is 4.79 Å². The molecule has 1 amide bonds. The number of anilines is 2. The maximum Gasteiger partial charge on any atom is 0.242 e. The van der Waals surface area contributed by atoms with Crippen molar-refractivity contribution in [3.05, 3.63) is 11.9 Å². The van der Waals surface area contributed by atoms with Gasteiger partial charge in [-0.2, -0.15) is 0 Å². The Morgan fingerprint density at radius 2 is 1.90 bits per heavy atom. The SMILES string of the molecule is CC(C)CNC(=O)C(C)Nc1cc(N)nc(C(C)C)n1. The molecule has 0 spiro atoms.